The summed E-state index contributed by atoms with van der Waals surface area (Å²) in [5.41, 5.74) is 1.58. The first-order chi connectivity index (χ1) is 13.5. The lowest BCUT2D eigenvalue weighted by atomic mass is 10.1. The molecule has 2 aliphatic heterocycles. The second-order valence-corrected chi connectivity index (χ2v) is 6.84. The summed E-state index contributed by atoms with van der Waals surface area (Å²) in [5.74, 6) is -2.28. The molecule has 2 aromatic carbocycles. The van der Waals surface area contributed by atoms with Crippen LogP contribution in [0, 0.1) is 5.92 Å². The maximum atomic E-state index is 12.4. The third-order valence-electron chi connectivity index (χ3n) is 4.98. The molecule has 0 radical (unpaired) electrons. The minimum atomic E-state index is -0.605. The molecular formula is C21H18N2O5. The summed E-state index contributed by atoms with van der Waals surface area (Å²) in [5, 5.41) is 0. The van der Waals surface area contributed by atoms with E-state index in [1.807, 2.05) is 30.3 Å². The molecule has 1 fully saturated rings. The fraction of sp³-hybridized carbons (Fsp3) is 0.238. The molecule has 142 valence electrons. The fourth-order valence-corrected chi connectivity index (χ4v) is 3.49. The van der Waals surface area contributed by atoms with Gasteiger partial charge in [0, 0.05) is 19.5 Å². The van der Waals surface area contributed by atoms with Crippen molar-refractivity contribution in [3.8, 4) is 0 Å². The second kappa shape index (κ2) is 7.26. The average molecular weight is 378 g/mol. The number of esters is 1. The average Bonchev–Trinajstić information content (AvgIpc) is 3.19. The summed E-state index contributed by atoms with van der Waals surface area (Å²) in [7, 11) is 0. The highest BCUT2D eigenvalue weighted by atomic mass is 16.5. The van der Waals surface area contributed by atoms with Crippen LogP contribution in [0.25, 0.3) is 0 Å². The van der Waals surface area contributed by atoms with E-state index in [0.717, 1.165) is 10.5 Å². The molecule has 0 bridgehead atoms. The number of carbonyl (C=O) groups excluding carboxylic acids is 4. The maximum absolute atomic E-state index is 12.4. The molecule has 2 aliphatic rings. The van der Waals surface area contributed by atoms with Crippen LogP contribution in [0.4, 0.5) is 0 Å². The van der Waals surface area contributed by atoms with Crippen molar-refractivity contribution in [2.75, 3.05) is 13.3 Å². The molecule has 0 aromatic heterocycles. The van der Waals surface area contributed by atoms with E-state index < -0.39 is 30.4 Å². The Morgan fingerprint density at radius 2 is 1.54 bits per heavy atom. The van der Waals surface area contributed by atoms with Gasteiger partial charge in [-0.05, 0) is 17.7 Å². The van der Waals surface area contributed by atoms with Gasteiger partial charge in [-0.25, -0.2) is 4.90 Å². The molecular weight excluding hydrogens is 360 g/mol. The summed E-state index contributed by atoms with van der Waals surface area (Å²) >= 11 is 0. The number of amides is 3. The van der Waals surface area contributed by atoms with E-state index in [1.54, 1.807) is 29.2 Å². The molecule has 2 heterocycles. The SMILES string of the molecule is O=C(OCN1C(=O)c2ccccc2C1=O)[C@H]1CC(=O)N(Cc2ccccc2)C1. The molecule has 0 spiro atoms. The van der Waals surface area contributed by atoms with Crippen molar-refractivity contribution in [2.45, 2.75) is 13.0 Å². The molecule has 28 heavy (non-hydrogen) atoms. The number of ether oxygens (including phenoxy) is 1. The minimum Gasteiger partial charge on any atom is -0.443 e. The Labute approximate surface area is 161 Å². The van der Waals surface area contributed by atoms with Crippen LogP contribution in [0.15, 0.2) is 54.6 Å². The predicted molar refractivity (Wildman–Crippen MR) is 97.9 cm³/mol. The van der Waals surface area contributed by atoms with Gasteiger partial charge in [-0.1, -0.05) is 42.5 Å². The Kier molecular flexibility index (Phi) is 4.65. The lowest BCUT2D eigenvalue weighted by Gasteiger charge is -2.17. The van der Waals surface area contributed by atoms with Gasteiger partial charge in [0.15, 0.2) is 6.73 Å². The summed E-state index contributed by atoms with van der Waals surface area (Å²) in [6.45, 7) is 0.241. The second-order valence-electron chi connectivity index (χ2n) is 6.84. The largest absolute Gasteiger partial charge is 0.443 e. The van der Waals surface area contributed by atoms with Crippen molar-refractivity contribution >= 4 is 23.7 Å². The van der Waals surface area contributed by atoms with Crippen molar-refractivity contribution < 1.29 is 23.9 Å². The predicted octanol–water partition coefficient (Wildman–Crippen LogP) is 1.83. The molecule has 0 aliphatic carbocycles. The molecule has 7 heteroatoms. The van der Waals surface area contributed by atoms with Gasteiger partial charge in [0.2, 0.25) is 5.91 Å². The smallest absolute Gasteiger partial charge is 0.313 e. The van der Waals surface area contributed by atoms with Crippen LogP contribution in [0.2, 0.25) is 0 Å². The van der Waals surface area contributed by atoms with Crippen LogP contribution >= 0.6 is 0 Å². The van der Waals surface area contributed by atoms with Crippen molar-refractivity contribution in [3.05, 3.63) is 71.3 Å². The third kappa shape index (κ3) is 3.26. The van der Waals surface area contributed by atoms with Crippen LogP contribution in [0.5, 0.6) is 0 Å². The van der Waals surface area contributed by atoms with Gasteiger partial charge in [-0.3, -0.25) is 19.2 Å². The fourth-order valence-electron chi connectivity index (χ4n) is 3.49. The number of benzene rings is 2. The van der Waals surface area contributed by atoms with Crippen molar-refractivity contribution in [3.63, 3.8) is 0 Å². The molecule has 7 nitrogen and oxygen atoms in total. The van der Waals surface area contributed by atoms with Crippen LogP contribution in [-0.4, -0.2) is 46.8 Å². The first kappa shape index (κ1) is 17.9. The molecule has 0 saturated carbocycles. The highest BCUT2D eigenvalue weighted by molar-refractivity contribution is 6.21. The topological polar surface area (TPSA) is 84.0 Å². The van der Waals surface area contributed by atoms with Gasteiger partial charge in [-0.2, -0.15) is 0 Å². The lowest BCUT2D eigenvalue weighted by Crippen LogP contribution is -2.35. The Balaban J connectivity index is 1.34. The molecule has 3 amide bonds. The van der Waals surface area contributed by atoms with E-state index in [1.165, 1.54) is 0 Å². The van der Waals surface area contributed by atoms with Gasteiger partial charge < -0.3 is 9.64 Å². The Hall–Kier alpha value is -3.48. The molecule has 1 atom stereocenters. The van der Waals surface area contributed by atoms with E-state index in [2.05, 4.69) is 0 Å². The Morgan fingerprint density at radius 3 is 2.18 bits per heavy atom. The summed E-state index contributed by atoms with van der Waals surface area (Å²) in [6.07, 6.45) is 0.0633. The van der Waals surface area contributed by atoms with Crippen LogP contribution in [0.3, 0.4) is 0 Å². The van der Waals surface area contributed by atoms with Gasteiger partial charge in [-0.15, -0.1) is 0 Å². The van der Waals surface area contributed by atoms with Gasteiger partial charge in [0.1, 0.15) is 0 Å². The molecule has 4 rings (SSSR count). The van der Waals surface area contributed by atoms with Crippen LogP contribution in [0.1, 0.15) is 32.7 Å². The monoisotopic (exact) mass is 378 g/mol. The highest BCUT2D eigenvalue weighted by Gasteiger charge is 2.38. The number of hydrogen-bond donors (Lipinski definition) is 0. The summed E-state index contributed by atoms with van der Waals surface area (Å²) in [4.78, 5) is 51.7. The van der Waals surface area contributed by atoms with E-state index in [9.17, 15) is 19.2 Å². The zero-order chi connectivity index (χ0) is 19.7. The molecule has 2 aromatic rings. The minimum absolute atomic E-state index is 0.0633. The zero-order valence-electron chi connectivity index (χ0n) is 15.0. The van der Waals surface area contributed by atoms with E-state index in [0.29, 0.717) is 17.7 Å². The first-order valence-corrected chi connectivity index (χ1v) is 8.98. The standard InChI is InChI=1S/C21H18N2O5/c24-18-10-15(12-22(18)11-14-6-2-1-3-7-14)21(27)28-13-23-19(25)16-8-4-5-9-17(16)20(23)26/h1-9,15H,10-13H2/t15-/m0/s1. The zero-order valence-corrected chi connectivity index (χ0v) is 15.0. The van der Waals surface area contributed by atoms with E-state index >= 15 is 0 Å². The van der Waals surface area contributed by atoms with Gasteiger partial charge >= 0.3 is 5.97 Å². The van der Waals surface area contributed by atoms with Crippen LogP contribution < -0.4 is 0 Å². The first-order valence-electron chi connectivity index (χ1n) is 8.98. The van der Waals surface area contributed by atoms with Crippen molar-refractivity contribution in [1.82, 2.24) is 9.80 Å². The van der Waals surface area contributed by atoms with Gasteiger partial charge in [0.05, 0.1) is 17.0 Å². The summed E-state index contributed by atoms with van der Waals surface area (Å²) < 4.78 is 5.20. The van der Waals surface area contributed by atoms with Crippen molar-refractivity contribution in [1.29, 1.82) is 0 Å². The van der Waals surface area contributed by atoms with Crippen LogP contribution in [-0.2, 0) is 20.9 Å². The Bertz CT molecular complexity index is 921. The molecule has 1 saturated heterocycles. The number of imide groups is 1. The van der Waals surface area contributed by atoms with E-state index in [-0.39, 0.29) is 18.9 Å². The molecule has 0 N–H and O–H groups in total. The number of carbonyl (C=O) groups is 4. The number of rotatable bonds is 5. The van der Waals surface area contributed by atoms with Crippen molar-refractivity contribution in [2.24, 2.45) is 5.92 Å². The number of likely N-dealkylation sites (tertiary alicyclic amines) is 1. The quantitative estimate of drug-likeness (QED) is 0.585. The highest BCUT2D eigenvalue weighted by Crippen LogP contribution is 2.24. The van der Waals surface area contributed by atoms with E-state index in [4.69, 9.17) is 4.74 Å². The summed E-state index contributed by atoms with van der Waals surface area (Å²) in [6, 6.07) is 16.0. The lowest BCUT2D eigenvalue weighted by molar-refractivity contribution is -0.151. The number of fused-ring (bicyclic) bond motifs is 1. The maximum Gasteiger partial charge on any atom is 0.313 e. The number of nitrogens with zero attached hydrogens (tertiary/aromatic N) is 2. The molecule has 0 unspecified atom stereocenters. The number of hydrogen-bond acceptors (Lipinski definition) is 5. The normalized spacial score (nSPS) is 18.6. The Morgan fingerprint density at radius 1 is 0.929 bits per heavy atom. The van der Waals surface area contributed by atoms with Gasteiger partial charge in [0.25, 0.3) is 11.8 Å². The third-order valence-corrected chi connectivity index (χ3v) is 4.98.